The van der Waals surface area contributed by atoms with Crippen molar-refractivity contribution in [1.29, 1.82) is 0 Å². The summed E-state index contributed by atoms with van der Waals surface area (Å²) in [6, 6.07) is 8.91. The molecule has 2 aromatic carbocycles. The number of benzene rings is 2. The predicted octanol–water partition coefficient (Wildman–Crippen LogP) is 5.50. The first kappa shape index (κ1) is 18.2. The molecule has 0 aromatic heterocycles. The molecule has 0 unspecified atom stereocenters. The number of hydrogen-bond acceptors (Lipinski definition) is 3. The molecule has 2 rings (SSSR count). The topological polar surface area (TPSA) is 35.5 Å². The van der Waals surface area contributed by atoms with E-state index < -0.39 is 6.61 Å². The van der Waals surface area contributed by atoms with Crippen LogP contribution in [0.4, 0.5) is 8.78 Å². The maximum atomic E-state index is 12.3. The van der Waals surface area contributed by atoms with Crippen LogP contribution in [-0.2, 0) is 0 Å². The van der Waals surface area contributed by atoms with Gasteiger partial charge in [0.25, 0.3) is 0 Å². The lowest BCUT2D eigenvalue weighted by molar-refractivity contribution is -0.0512. The van der Waals surface area contributed by atoms with Crippen molar-refractivity contribution in [3.8, 4) is 11.5 Å². The molecule has 0 radical (unpaired) electrons. The Kier molecular flexibility index (Phi) is 6.17. The molecule has 7 heteroatoms. The van der Waals surface area contributed by atoms with Gasteiger partial charge in [-0.3, -0.25) is 4.79 Å². The maximum absolute atomic E-state index is 12.3. The van der Waals surface area contributed by atoms with Crippen LogP contribution in [0.15, 0.2) is 42.5 Å². The number of methoxy groups -OCH3 is 1. The molecule has 2 aromatic rings. The molecule has 0 bridgehead atoms. The fraction of sp³-hybridized carbons (Fsp3) is 0.118. The van der Waals surface area contributed by atoms with Crippen LogP contribution in [0.1, 0.15) is 15.9 Å². The van der Waals surface area contributed by atoms with Crippen LogP contribution >= 0.6 is 23.2 Å². The third-order valence-corrected chi connectivity index (χ3v) is 3.59. The van der Waals surface area contributed by atoms with Gasteiger partial charge in [0.1, 0.15) is 0 Å². The highest BCUT2D eigenvalue weighted by atomic mass is 35.5. The summed E-state index contributed by atoms with van der Waals surface area (Å²) in [4.78, 5) is 12.2. The molecule has 0 saturated carbocycles. The van der Waals surface area contributed by atoms with Gasteiger partial charge < -0.3 is 9.47 Å². The second kappa shape index (κ2) is 8.13. The van der Waals surface area contributed by atoms with Gasteiger partial charge in [-0.05, 0) is 42.0 Å². The first-order valence-electron chi connectivity index (χ1n) is 6.71. The third kappa shape index (κ3) is 4.69. The molecule has 0 saturated heterocycles. The van der Waals surface area contributed by atoms with E-state index in [1.54, 1.807) is 6.07 Å². The molecule has 0 aliphatic carbocycles. The third-order valence-electron chi connectivity index (χ3n) is 3.02. The summed E-state index contributed by atoms with van der Waals surface area (Å²) < 4.78 is 33.9. The summed E-state index contributed by atoms with van der Waals surface area (Å²) in [7, 11) is 1.33. The lowest BCUT2D eigenvalue weighted by Crippen LogP contribution is -2.03. The van der Waals surface area contributed by atoms with E-state index in [2.05, 4.69) is 4.74 Å². The Morgan fingerprint density at radius 1 is 1.12 bits per heavy atom. The molecule has 0 atom stereocenters. The van der Waals surface area contributed by atoms with Crippen molar-refractivity contribution in [1.82, 2.24) is 0 Å². The van der Waals surface area contributed by atoms with Gasteiger partial charge in [0.2, 0.25) is 0 Å². The monoisotopic (exact) mass is 372 g/mol. The van der Waals surface area contributed by atoms with Crippen molar-refractivity contribution >= 4 is 35.1 Å². The lowest BCUT2D eigenvalue weighted by Gasteiger charge is -2.10. The number of ether oxygens (including phenoxy) is 2. The molecule has 0 spiro atoms. The van der Waals surface area contributed by atoms with Gasteiger partial charge in [0.05, 0.1) is 12.1 Å². The second-order valence-corrected chi connectivity index (χ2v) is 5.45. The number of halogens is 4. The van der Waals surface area contributed by atoms with Crippen molar-refractivity contribution in [2.75, 3.05) is 7.11 Å². The summed E-state index contributed by atoms with van der Waals surface area (Å²) in [5.41, 5.74) is 0.838. The van der Waals surface area contributed by atoms with Gasteiger partial charge in [0.15, 0.2) is 17.3 Å². The summed E-state index contributed by atoms with van der Waals surface area (Å²) >= 11 is 11.8. The number of alkyl halides is 2. The molecule has 24 heavy (non-hydrogen) atoms. The van der Waals surface area contributed by atoms with E-state index in [0.29, 0.717) is 10.6 Å². The number of rotatable bonds is 6. The predicted molar refractivity (Wildman–Crippen MR) is 89.5 cm³/mol. The highest BCUT2D eigenvalue weighted by Gasteiger charge is 2.11. The number of allylic oxidation sites excluding steroid dienone is 1. The van der Waals surface area contributed by atoms with Gasteiger partial charge in [-0.1, -0.05) is 35.3 Å². The molecule has 0 amide bonds. The van der Waals surface area contributed by atoms with Crippen molar-refractivity contribution in [2.24, 2.45) is 0 Å². The zero-order valence-electron chi connectivity index (χ0n) is 12.4. The van der Waals surface area contributed by atoms with Gasteiger partial charge >= 0.3 is 6.61 Å². The highest BCUT2D eigenvalue weighted by Crippen LogP contribution is 2.30. The number of ketones is 1. The van der Waals surface area contributed by atoms with E-state index >= 15 is 0 Å². The minimum Gasteiger partial charge on any atom is -0.493 e. The van der Waals surface area contributed by atoms with E-state index in [4.69, 9.17) is 27.9 Å². The minimum absolute atomic E-state index is 0.0890. The number of hydrogen-bond donors (Lipinski definition) is 0. The quantitative estimate of drug-likeness (QED) is 0.496. The Hall–Kier alpha value is -2.11. The van der Waals surface area contributed by atoms with E-state index in [0.717, 1.165) is 0 Å². The van der Waals surface area contributed by atoms with Crippen LogP contribution in [-0.4, -0.2) is 19.5 Å². The second-order valence-electron chi connectivity index (χ2n) is 4.61. The van der Waals surface area contributed by atoms with Crippen molar-refractivity contribution in [3.05, 3.63) is 63.6 Å². The maximum Gasteiger partial charge on any atom is 0.387 e. The largest absolute Gasteiger partial charge is 0.493 e. The SMILES string of the molecule is COc1cc(/C=C/C(=O)c2cc(Cl)ccc2Cl)ccc1OC(F)F. The van der Waals surface area contributed by atoms with Crippen LogP contribution in [0.25, 0.3) is 6.08 Å². The molecule has 0 aliphatic rings. The zero-order valence-corrected chi connectivity index (χ0v) is 13.9. The average molecular weight is 373 g/mol. The summed E-state index contributed by atoms with van der Waals surface area (Å²) in [6.07, 6.45) is 2.81. The van der Waals surface area contributed by atoms with Crippen LogP contribution < -0.4 is 9.47 Å². The van der Waals surface area contributed by atoms with Crippen LogP contribution in [0.2, 0.25) is 10.0 Å². The fourth-order valence-electron chi connectivity index (χ4n) is 1.93. The average Bonchev–Trinajstić information content (AvgIpc) is 2.55. The van der Waals surface area contributed by atoms with Crippen LogP contribution in [0.3, 0.4) is 0 Å². The normalized spacial score (nSPS) is 11.1. The molecule has 0 aliphatic heterocycles. The molecule has 3 nitrogen and oxygen atoms in total. The van der Waals surface area contributed by atoms with Crippen LogP contribution in [0.5, 0.6) is 11.5 Å². The van der Waals surface area contributed by atoms with Crippen LogP contribution in [0, 0.1) is 0 Å². The van der Waals surface area contributed by atoms with E-state index in [9.17, 15) is 13.6 Å². The summed E-state index contributed by atoms with van der Waals surface area (Å²) in [5.74, 6) is -0.297. The number of carbonyl (C=O) groups excluding carboxylic acids is 1. The Balaban J connectivity index is 2.22. The Morgan fingerprint density at radius 3 is 2.54 bits per heavy atom. The standard InChI is InChI=1S/C17H12Cl2F2O3/c1-23-16-8-10(3-7-15(16)24-17(20)21)2-6-14(22)12-9-11(18)4-5-13(12)19/h2-9,17H,1H3/b6-2+. The van der Waals surface area contributed by atoms with Gasteiger partial charge in [-0.15, -0.1) is 0 Å². The fourth-order valence-corrected chi connectivity index (χ4v) is 2.31. The van der Waals surface area contributed by atoms with Gasteiger partial charge in [0, 0.05) is 10.6 Å². The van der Waals surface area contributed by atoms with Crippen molar-refractivity contribution in [2.45, 2.75) is 6.61 Å². The van der Waals surface area contributed by atoms with Gasteiger partial charge in [-0.25, -0.2) is 0 Å². The van der Waals surface area contributed by atoms with Crippen molar-refractivity contribution in [3.63, 3.8) is 0 Å². The molecular formula is C17H12Cl2F2O3. The van der Waals surface area contributed by atoms with Crippen molar-refractivity contribution < 1.29 is 23.0 Å². The first-order valence-corrected chi connectivity index (χ1v) is 7.46. The van der Waals surface area contributed by atoms with Gasteiger partial charge in [-0.2, -0.15) is 8.78 Å². The smallest absolute Gasteiger partial charge is 0.387 e. The lowest BCUT2D eigenvalue weighted by atomic mass is 10.1. The molecule has 0 N–H and O–H groups in total. The molecule has 0 fully saturated rings. The Bertz CT molecular complexity index is 776. The minimum atomic E-state index is -2.95. The Labute approximate surface area is 147 Å². The first-order chi connectivity index (χ1) is 11.4. The highest BCUT2D eigenvalue weighted by molar-refractivity contribution is 6.36. The van der Waals surface area contributed by atoms with E-state index in [1.165, 1.54) is 49.6 Å². The van der Waals surface area contributed by atoms with E-state index in [-0.39, 0.29) is 27.9 Å². The van der Waals surface area contributed by atoms with E-state index in [1.807, 2.05) is 0 Å². The zero-order chi connectivity index (χ0) is 17.7. The Morgan fingerprint density at radius 2 is 1.88 bits per heavy atom. The summed E-state index contributed by atoms with van der Waals surface area (Å²) in [5, 5.41) is 0.679. The molecule has 126 valence electrons. The molecular weight excluding hydrogens is 361 g/mol. The number of carbonyl (C=O) groups is 1. The molecule has 0 heterocycles. The summed E-state index contributed by atoms with van der Waals surface area (Å²) in [6.45, 7) is -2.95.